The van der Waals surface area contributed by atoms with Crippen LogP contribution in [0.3, 0.4) is 0 Å². The average Bonchev–Trinajstić information content (AvgIpc) is 3.96. The summed E-state index contributed by atoms with van der Waals surface area (Å²) in [6.07, 6.45) is -0.261. The highest BCUT2D eigenvalue weighted by molar-refractivity contribution is 7.26. The molecule has 1 fully saturated rings. The topological polar surface area (TPSA) is 54.2 Å². The molecule has 1 aliphatic rings. The van der Waals surface area contributed by atoms with Gasteiger partial charge in [0.25, 0.3) is 0 Å². The number of hydrogen-bond donors (Lipinski definition) is 3. The van der Waals surface area contributed by atoms with Crippen LogP contribution in [0.25, 0.3) is 80.7 Å². The number of benzene rings is 8. The third-order valence-corrected chi connectivity index (χ3v) is 12.9. The fourth-order valence-electron chi connectivity index (χ4n) is 9.22. The van der Waals surface area contributed by atoms with E-state index in [0.29, 0.717) is 0 Å². The van der Waals surface area contributed by atoms with Gasteiger partial charge in [0.05, 0.1) is 35.2 Å². The molecular weight excluding hydrogens is 717 g/mol. The quantitative estimate of drug-likeness (QED) is 0.164. The number of furan rings is 1. The van der Waals surface area contributed by atoms with Gasteiger partial charge in [0.1, 0.15) is 11.2 Å². The Morgan fingerprint density at radius 3 is 1.74 bits per heavy atom. The van der Waals surface area contributed by atoms with Crippen molar-refractivity contribution in [3.8, 4) is 16.8 Å². The standard InChI is InChI=1S/C51H36N4OS/c1-3-14-31(15-4-1)49-52-50(32-16-5-2-6-17-32)54-51(53-49)38-21-11-25-42-46(38)37-29-28-33(30-43(37)56-42)34-20-12-26-44-47(34)48-41(24-13-27-45(48)57-44)55-39-22-9-7-18-35(39)36-19-8-10-23-40(36)55/h1-30,49-54H. The van der Waals surface area contributed by atoms with E-state index >= 15 is 0 Å². The number of thiophene rings is 1. The summed E-state index contributed by atoms with van der Waals surface area (Å²) in [5.41, 5.74) is 11.3. The van der Waals surface area contributed by atoms with Crippen molar-refractivity contribution in [2.75, 3.05) is 0 Å². The van der Waals surface area contributed by atoms with Crippen LogP contribution in [-0.4, -0.2) is 4.57 Å². The summed E-state index contributed by atoms with van der Waals surface area (Å²) in [5.74, 6) is 0. The van der Waals surface area contributed by atoms with E-state index in [1.54, 1.807) is 0 Å². The summed E-state index contributed by atoms with van der Waals surface area (Å²) < 4.78 is 11.8. The molecule has 272 valence electrons. The van der Waals surface area contributed by atoms with Crippen molar-refractivity contribution in [3.05, 3.63) is 199 Å². The molecule has 3 aromatic heterocycles. The third kappa shape index (κ3) is 5.19. The second kappa shape index (κ2) is 13.0. The molecule has 6 heteroatoms. The predicted molar refractivity (Wildman–Crippen MR) is 237 cm³/mol. The maximum absolute atomic E-state index is 6.76. The number of rotatable bonds is 5. The number of nitrogens with one attached hydrogen (secondary N) is 3. The van der Waals surface area contributed by atoms with Crippen molar-refractivity contribution in [2.24, 2.45) is 0 Å². The van der Waals surface area contributed by atoms with Gasteiger partial charge in [0.2, 0.25) is 0 Å². The number of aromatic nitrogens is 1. The lowest BCUT2D eigenvalue weighted by molar-refractivity contribution is 0.204. The van der Waals surface area contributed by atoms with Crippen LogP contribution in [0.5, 0.6) is 0 Å². The zero-order valence-corrected chi connectivity index (χ0v) is 31.6. The van der Waals surface area contributed by atoms with Gasteiger partial charge >= 0.3 is 0 Å². The van der Waals surface area contributed by atoms with E-state index in [9.17, 15) is 0 Å². The maximum Gasteiger partial charge on any atom is 0.136 e. The maximum atomic E-state index is 6.76. The first-order valence-corrected chi connectivity index (χ1v) is 20.3. The molecule has 2 unspecified atom stereocenters. The Bertz CT molecular complexity index is 3210. The Hall–Kier alpha value is -6.54. The van der Waals surface area contributed by atoms with Crippen LogP contribution >= 0.6 is 11.3 Å². The zero-order valence-electron chi connectivity index (χ0n) is 30.8. The molecule has 1 saturated heterocycles. The summed E-state index contributed by atoms with van der Waals surface area (Å²) >= 11 is 1.86. The number of nitrogens with zero attached hydrogens (tertiary/aromatic N) is 1. The molecule has 4 heterocycles. The van der Waals surface area contributed by atoms with Gasteiger partial charge in [-0.2, -0.15) is 0 Å². The summed E-state index contributed by atoms with van der Waals surface area (Å²) in [7, 11) is 0. The molecule has 0 spiro atoms. The van der Waals surface area contributed by atoms with Gasteiger partial charge in [-0.15, -0.1) is 11.3 Å². The minimum Gasteiger partial charge on any atom is -0.456 e. The number of fused-ring (bicyclic) bond motifs is 9. The van der Waals surface area contributed by atoms with Crippen LogP contribution in [0.15, 0.2) is 186 Å². The molecular formula is C51H36N4OS. The second-order valence-electron chi connectivity index (χ2n) is 15.0. The molecule has 0 bridgehead atoms. The highest BCUT2D eigenvalue weighted by atomic mass is 32.1. The molecule has 0 amide bonds. The van der Waals surface area contributed by atoms with Crippen LogP contribution in [0.2, 0.25) is 0 Å². The minimum atomic E-state index is -0.143. The molecule has 0 radical (unpaired) electrons. The molecule has 5 nitrogen and oxygen atoms in total. The van der Waals surface area contributed by atoms with Gasteiger partial charge in [-0.05, 0) is 76.3 Å². The Morgan fingerprint density at radius 2 is 1.04 bits per heavy atom. The van der Waals surface area contributed by atoms with E-state index in [4.69, 9.17) is 4.42 Å². The number of hydrogen-bond acceptors (Lipinski definition) is 5. The zero-order chi connectivity index (χ0) is 37.5. The summed E-state index contributed by atoms with van der Waals surface area (Å²) in [6, 6.07) is 65.4. The lowest BCUT2D eigenvalue weighted by atomic mass is 9.96. The first-order chi connectivity index (χ1) is 28.3. The van der Waals surface area contributed by atoms with Crippen molar-refractivity contribution in [1.29, 1.82) is 0 Å². The molecule has 1 aliphatic heterocycles. The molecule has 0 aliphatic carbocycles. The van der Waals surface area contributed by atoms with Gasteiger partial charge in [-0.25, -0.2) is 0 Å². The Kier molecular flexibility index (Phi) is 7.46. The highest BCUT2D eigenvalue weighted by Gasteiger charge is 2.31. The van der Waals surface area contributed by atoms with Gasteiger partial charge in [0, 0.05) is 41.7 Å². The van der Waals surface area contributed by atoms with E-state index in [1.165, 1.54) is 64.4 Å². The van der Waals surface area contributed by atoms with Crippen LogP contribution < -0.4 is 16.0 Å². The minimum absolute atomic E-state index is 0.0592. The van der Waals surface area contributed by atoms with Gasteiger partial charge < -0.3 is 8.98 Å². The van der Waals surface area contributed by atoms with Crippen LogP contribution in [-0.2, 0) is 0 Å². The van der Waals surface area contributed by atoms with Crippen LogP contribution in [0, 0.1) is 0 Å². The molecule has 0 saturated carbocycles. The predicted octanol–water partition coefficient (Wildman–Crippen LogP) is 12.9. The monoisotopic (exact) mass is 752 g/mol. The lowest BCUT2D eigenvalue weighted by Crippen LogP contribution is -2.54. The molecule has 2 atom stereocenters. The normalized spacial score (nSPS) is 17.4. The average molecular weight is 753 g/mol. The SMILES string of the molecule is c1ccc(C2NC(c3ccccc3)NC(c3cccc4oc5cc(-c6cccc7sc8cccc(-n9c%10ccccc%10c%10ccccc%109)c8c67)ccc5c34)N2)cc1. The van der Waals surface area contributed by atoms with Gasteiger partial charge in [-0.3, -0.25) is 16.0 Å². The third-order valence-electron chi connectivity index (χ3n) is 11.7. The van der Waals surface area contributed by atoms with E-state index in [-0.39, 0.29) is 18.5 Å². The molecule has 11 aromatic rings. The first kappa shape index (κ1) is 32.7. The van der Waals surface area contributed by atoms with E-state index in [0.717, 1.165) is 33.1 Å². The van der Waals surface area contributed by atoms with Crippen molar-refractivity contribution in [3.63, 3.8) is 0 Å². The van der Waals surface area contributed by atoms with E-state index in [1.807, 2.05) is 11.3 Å². The molecule has 57 heavy (non-hydrogen) atoms. The van der Waals surface area contributed by atoms with Crippen molar-refractivity contribution in [2.45, 2.75) is 18.5 Å². The summed E-state index contributed by atoms with van der Waals surface area (Å²) in [4.78, 5) is 0. The molecule has 12 rings (SSSR count). The van der Waals surface area contributed by atoms with Crippen LogP contribution in [0.4, 0.5) is 0 Å². The first-order valence-electron chi connectivity index (χ1n) is 19.5. The second-order valence-corrected chi connectivity index (χ2v) is 16.0. The van der Waals surface area contributed by atoms with Gasteiger partial charge in [0.15, 0.2) is 0 Å². The Morgan fingerprint density at radius 1 is 0.439 bits per heavy atom. The van der Waals surface area contributed by atoms with Crippen LogP contribution in [0.1, 0.15) is 35.2 Å². The number of para-hydroxylation sites is 2. The fraction of sp³-hybridized carbons (Fsp3) is 0.0588. The molecule has 8 aromatic carbocycles. The summed E-state index contributed by atoms with van der Waals surface area (Å²) in [6.45, 7) is 0. The van der Waals surface area contributed by atoms with Gasteiger partial charge in [-0.1, -0.05) is 133 Å². The van der Waals surface area contributed by atoms with E-state index in [2.05, 4.69) is 203 Å². The lowest BCUT2D eigenvalue weighted by Gasteiger charge is -2.39. The highest BCUT2D eigenvalue weighted by Crippen LogP contribution is 2.46. The Balaban J connectivity index is 1.01. The Labute approximate surface area is 332 Å². The van der Waals surface area contributed by atoms with E-state index < -0.39 is 0 Å². The summed E-state index contributed by atoms with van der Waals surface area (Å²) in [5, 5.41) is 18.9. The van der Waals surface area contributed by atoms with Crippen molar-refractivity contribution in [1.82, 2.24) is 20.5 Å². The molecule has 3 N–H and O–H groups in total. The fourth-order valence-corrected chi connectivity index (χ4v) is 10.4. The largest absolute Gasteiger partial charge is 0.456 e. The van der Waals surface area contributed by atoms with Crippen molar-refractivity contribution < 1.29 is 4.42 Å². The smallest absolute Gasteiger partial charge is 0.136 e. The van der Waals surface area contributed by atoms with Crippen molar-refractivity contribution >= 4 is 75.3 Å².